The Morgan fingerprint density at radius 1 is 1.11 bits per heavy atom. The number of nitrogens with zero attached hydrogens (tertiary/aromatic N) is 2. The van der Waals surface area contributed by atoms with Gasteiger partial charge in [-0.15, -0.1) is 0 Å². The molecule has 1 amide bonds. The van der Waals surface area contributed by atoms with Crippen molar-refractivity contribution >= 4 is 17.4 Å². The second kappa shape index (κ2) is 10.5. The number of carbonyl (C=O) groups is 2. The van der Waals surface area contributed by atoms with Gasteiger partial charge in [-0.2, -0.15) is 18.3 Å². The minimum Gasteiger partial charge on any atom is -0.466 e. The normalized spacial score (nSPS) is 18.4. The van der Waals surface area contributed by atoms with E-state index < -0.39 is 11.7 Å². The van der Waals surface area contributed by atoms with Crippen LogP contribution in [0, 0.1) is 5.92 Å². The molecule has 2 aromatic heterocycles. The fourth-order valence-electron chi connectivity index (χ4n) is 4.68. The second-order valence-electron chi connectivity index (χ2n) is 8.96. The van der Waals surface area contributed by atoms with E-state index in [2.05, 4.69) is 10.4 Å². The highest BCUT2D eigenvalue weighted by Gasteiger charge is 2.30. The lowest BCUT2D eigenvalue weighted by Crippen LogP contribution is -2.38. The molecule has 6 nitrogen and oxygen atoms in total. The number of ether oxygens (including phenoxy) is 1. The fourth-order valence-corrected chi connectivity index (χ4v) is 4.68. The zero-order valence-electron chi connectivity index (χ0n) is 19.5. The van der Waals surface area contributed by atoms with E-state index in [0.29, 0.717) is 36.1 Å². The summed E-state index contributed by atoms with van der Waals surface area (Å²) in [5.41, 5.74) is 1.88. The maximum Gasteiger partial charge on any atom is 0.416 e. The number of benzene rings is 1. The average Bonchev–Trinajstić information content (AvgIpc) is 3.26. The van der Waals surface area contributed by atoms with Crippen LogP contribution in [-0.2, 0) is 22.1 Å². The van der Waals surface area contributed by atoms with E-state index in [1.807, 2.05) is 6.07 Å². The molecule has 186 valence electrons. The van der Waals surface area contributed by atoms with E-state index in [1.165, 1.54) is 18.3 Å². The van der Waals surface area contributed by atoms with E-state index in [4.69, 9.17) is 4.74 Å². The smallest absolute Gasteiger partial charge is 0.416 e. The first-order valence-corrected chi connectivity index (χ1v) is 11.8. The van der Waals surface area contributed by atoms with Crippen LogP contribution in [0.1, 0.15) is 66.1 Å². The lowest BCUT2D eigenvalue weighted by molar-refractivity contribution is -0.144. The summed E-state index contributed by atoms with van der Waals surface area (Å²) < 4.78 is 45.3. The Bertz CT molecular complexity index is 1180. The molecule has 0 aliphatic heterocycles. The van der Waals surface area contributed by atoms with Crippen LogP contribution >= 0.6 is 0 Å². The molecular formula is C26H28F3N3O3. The molecule has 1 aromatic carbocycles. The van der Waals surface area contributed by atoms with E-state index in [0.717, 1.165) is 43.4 Å². The standard InChI is InChI=1S/C26H28F3N3O3/c1-2-35-23(33)15-18-7-11-21(12-8-18)31-25(34)22-16-30-32-13-3-4-19(24(22)32)14-17-5-9-20(10-6-17)26(27,28)29/h3-6,9-10,13,16,18,21H,2,7-8,11-12,14-15H2,1H3,(H,31,34)/t18-,21-. The number of aromatic nitrogens is 2. The van der Waals surface area contributed by atoms with Crippen molar-refractivity contribution in [2.24, 2.45) is 5.92 Å². The van der Waals surface area contributed by atoms with Gasteiger partial charge < -0.3 is 10.1 Å². The number of fused-ring (bicyclic) bond motifs is 1. The molecule has 9 heteroatoms. The van der Waals surface area contributed by atoms with Crippen LogP contribution in [0.2, 0.25) is 0 Å². The van der Waals surface area contributed by atoms with Gasteiger partial charge in [-0.05, 0) is 74.3 Å². The van der Waals surface area contributed by atoms with Crippen molar-refractivity contribution in [2.75, 3.05) is 6.61 Å². The summed E-state index contributed by atoms with van der Waals surface area (Å²) in [5.74, 6) is -0.129. The lowest BCUT2D eigenvalue weighted by atomic mass is 9.84. The molecule has 0 spiro atoms. The number of halogens is 3. The van der Waals surface area contributed by atoms with Crippen molar-refractivity contribution in [3.63, 3.8) is 0 Å². The molecule has 1 saturated carbocycles. The SMILES string of the molecule is CCOC(=O)C[C@H]1CC[C@H](NC(=O)c2cnn3cccc(Cc4ccc(C(F)(F)F)cc4)c23)CC1. The maximum absolute atomic E-state index is 13.1. The quantitative estimate of drug-likeness (QED) is 0.466. The third kappa shape index (κ3) is 6.01. The molecule has 0 atom stereocenters. The largest absolute Gasteiger partial charge is 0.466 e. The van der Waals surface area contributed by atoms with Gasteiger partial charge in [0, 0.05) is 18.7 Å². The summed E-state index contributed by atoms with van der Waals surface area (Å²) in [6, 6.07) is 8.71. The number of rotatable bonds is 7. The predicted octanol–water partition coefficient (Wildman–Crippen LogP) is 5.19. The Balaban J connectivity index is 1.44. The Morgan fingerprint density at radius 3 is 2.49 bits per heavy atom. The van der Waals surface area contributed by atoms with Crippen LogP contribution in [0.4, 0.5) is 13.2 Å². The molecule has 0 bridgehead atoms. The molecule has 4 rings (SSSR count). The number of nitrogens with one attached hydrogen (secondary N) is 1. The average molecular weight is 488 g/mol. The van der Waals surface area contributed by atoms with Crippen LogP contribution < -0.4 is 5.32 Å². The molecule has 0 radical (unpaired) electrons. The fraction of sp³-hybridized carbons (Fsp3) is 0.423. The van der Waals surface area contributed by atoms with Crippen LogP contribution in [-0.4, -0.2) is 34.1 Å². The van der Waals surface area contributed by atoms with Gasteiger partial charge in [-0.1, -0.05) is 18.2 Å². The number of hydrogen-bond acceptors (Lipinski definition) is 4. The summed E-state index contributed by atoms with van der Waals surface area (Å²) in [4.78, 5) is 24.9. The van der Waals surface area contributed by atoms with Gasteiger partial charge in [0.1, 0.15) is 0 Å². The van der Waals surface area contributed by atoms with Crippen molar-refractivity contribution in [1.29, 1.82) is 0 Å². The van der Waals surface area contributed by atoms with Gasteiger partial charge in [0.2, 0.25) is 0 Å². The molecule has 1 N–H and O–H groups in total. The first-order valence-electron chi connectivity index (χ1n) is 11.8. The number of carbonyl (C=O) groups excluding carboxylic acids is 2. The Morgan fingerprint density at radius 2 is 1.83 bits per heavy atom. The van der Waals surface area contributed by atoms with Gasteiger partial charge >= 0.3 is 12.1 Å². The Kier molecular flexibility index (Phi) is 7.42. The summed E-state index contributed by atoms with van der Waals surface area (Å²) in [6.45, 7) is 2.17. The van der Waals surface area contributed by atoms with E-state index in [1.54, 1.807) is 23.7 Å². The van der Waals surface area contributed by atoms with E-state index in [9.17, 15) is 22.8 Å². The van der Waals surface area contributed by atoms with Crippen LogP contribution in [0.25, 0.3) is 5.52 Å². The first kappa shape index (κ1) is 24.8. The van der Waals surface area contributed by atoms with Crippen molar-refractivity contribution in [2.45, 2.75) is 57.7 Å². The summed E-state index contributed by atoms with van der Waals surface area (Å²) >= 11 is 0. The molecule has 1 aliphatic carbocycles. The molecule has 35 heavy (non-hydrogen) atoms. The predicted molar refractivity (Wildman–Crippen MR) is 124 cm³/mol. The molecular weight excluding hydrogens is 459 g/mol. The van der Waals surface area contributed by atoms with E-state index in [-0.39, 0.29) is 23.8 Å². The molecule has 2 heterocycles. The van der Waals surface area contributed by atoms with Gasteiger partial charge in [0.05, 0.1) is 29.4 Å². The highest BCUT2D eigenvalue weighted by Crippen LogP contribution is 2.30. The maximum atomic E-state index is 13.1. The third-order valence-electron chi connectivity index (χ3n) is 6.49. The zero-order valence-corrected chi connectivity index (χ0v) is 19.5. The zero-order chi connectivity index (χ0) is 25.0. The molecule has 0 unspecified atom stereocenters. The highest BCUT2D eigenvalue weighted by atomic mass is 19.4. The van der Waals surface area contributed by atoms with Gasteiger partial charge in [0.25, 0.3) is 5.91 Å². The number of hydrogen-bond donors (Lipinski definition) is 1. The minimum absolute atomic E-state index is 0.0120. The van der Waals surface area contributed by atoms with Crippen molar-refractivity contribution in [1.82, 2.24) is 14.9 Å². The Hall–Kier alpha value is -3.36. The molecule has 1 fully saturated rings. The van der Waals surface area contributed by atoms with Crippen LogP contribution in [0.3, 0.4) is 0 Å². The lowest BCUT2D eigenvalue weighted by Gasteiger charge is -2.28. The van der Waals surface area contributed by atoms with Gasteiger partial charge in [-0.3, -0.25) is 9.59 Å². The topological polar surface area (TPSA) is 72.7 Å². The minimum atomic E-state index is -4.38. The molecule has 3 aromatic rings. The van der Waals surface area contributed by atoms with Crippen molar-refractivity contribution in [3.05, 3.63) is 71.0 Å². The Labute approximate surface area is 201 Å². The van der Waals surface area contributed by atoms with E-state index >= 15 is 0 Å². The third-order valence-corrected chi connectivity index (χ3v) is 6.49. The van der Waals surface area contributed by atoms with Gasteiger partial charge in [0.15, 0.2) is 0 Å². The molecule has 0 saturated heterocycles. The number of alkyl halides is 3. The van der Waals surface area contributed by atoms with Gasteiger partial charge in [-0.25, -0.2) is 4.52 Å². The van der Waals surface area contributed by atoms with Crippen molar-refractivity contribution < 1.29 is 27.5 Å². The first-order chi connectivity index (χ1) is 16.7. The highest BCUT2D eigenvalue weighted by molar-refractivity contribution is 6.01. The van der Waals surface area contributed by atoms with Crippen LogP contribution in [0.15, 0.2) is 48.8 Å². The number of esters is 1. The summed E-state index contributed by atoms with van der Waals surface area (Å²) in [7, 11) is 0. The monoisotopic (exact) mass is 487 g/mol. The van der Waals surface area contributed by atoms with Crippen LogP contribution in [0.5, 0.6) is 0 Å². The number of amides is 1. The summed E-state index contributed by atoms with van der Waals surface area (Å²) in [6.07, 6.45) is 2.92. The molecule has 1 aliphatic rings. The second-order valence-corrected chi connectivity index (χ2v) is 8.96. The summed E-state index contributed by atoms with van der Waals surface area (Å²) in [5, 5.41) is 7.39. The van der Waals surface area contributed by atoms with Crippen molar-refractivity contribution in [3.8, 4) is 0 Å². The number of pyridine rings is 1.